The summed E-state index contributed by atoms with van der Waals surface area (Å²) in [4.78, 5) is 0.859. The van der Waals surface area contributed by atoms with Gasteiger partial charge in [-0.05, 0) is 17.7 Å². The first-order valence-corrected chi connectivity index (χ1v) is 5.99. The van der Waals surface area contributed by atoms with Gasteiger partial charge in [-0.2, -0.15) is 0 Å². The lowest BCUT2D eigenvalue weighted by Crippen LogP contribution is -1.85. The molecule has 0 spiro atoms. The van der Waals surface area contributed by atoms with Crippen LogP contribution in [0.2, 0.25) is 0 Å². The van der Waals surface area contributed by atoms with Crippen molar-refractivity contribution in [2.24, 2.45) is 0 Å². The van der Waals surface area contributed by atoms with Crippen LogP contribution in [0.25, 0.3) is 0 Å². The van der Waals surface area contributed by atoms with E-state index >= 15 is 0 Å². The van der Waals surface area contributed by atoms with Crippen LogP contribution in [0.1, 0.15) is 5.56 Å². The molecule has 2 aromatic rings. The highest BCUT2D eigenvalue weighted by atomic mass is 32.2. The maximum absolute atomic E-state index is 9.67. The summed E-state index contributed by atoms with van der Waals surface area (Å²) in [5.41, 5.74) is 7.39. The molecule has 0 saturated heterocycles. The number of thioether (sulfide) groups is 1. The molecule has 0 bridgehead atoms. The van der Waals surface area contributed by atoms with E-state index in [1.165, 1.54) is 5.56 Å². The van der Waals surface area contributed by atoms with Crippen molar-refractivity contribution < 1.29 is 5.11 Å². The second-order valence-electron chi connectivity index (χ2n) is 3.50. The SMILES string of the molecule is Nc1ccc(SCc2ccccc2)c(O)c1. The summed E-state index contributed by atoms with van der Waals surface area (Å²) in [6, 6.07) is 15.4. The highest BCUT2D eigenvalue weighted by Crippen LogP contribution is 2.32. The smallest absolute Gasteiger partial charge is 0.131 e. The van der Waals surface area contributed by atoms with Crippen LogP contribution in [0.5, 0.6) is 5.75 Å². The van der Waals surface area contributed by atoms with Gasteiger partial charge in [-0.15, -0.1) is 11.8 Å². The number of nitrogen functional groups attached to an aromatic ring is 1. The van der Waals surface area contributed by atoms with Crippen LogP contribution >= 0.6 is 11.8 Å². The van der Waals surface area contributed by atoms with Gasteiger partial charge in [0.25, 0.3) is 0 Å². The van der Waals surface area contributed by atoms with Crippen molar-refractivity contribution in [1.82, 2.24) is 0 Å². The van der Waals surface area contributed by atoms with E-state index in [-0.39, 0.29) is 5.75 Å². The molecule has 0 fully saturated rings. The van der Waals surface area contributed by atoms with Crippen LogP contribution < -0.4 is 5.73 Å². The zero-order valence-electron chi connectivity index (χ0n) is 8.76. The molecule has 0 aliphatic rings. The van der Waals surface area contributed by atoms with Gasteiger partial charge in [0.1, 0.15) is 5.75 Å². The summed E-state index contributed by atoms with van der Waals surface area (Å²) in [7, 11) is 0. The Kier molecular flexibility index (Phi) is 3.37. The van der Waals surface area contributed by atoms with Gasteiger partial charge < -0.3 is 10.8 Å². The van der Waals surface area contributed by atoms with E-state index < -0.39 is 0 Å². The number of aromatic hydroxyl groups is 1. The largest absolute Gasteiger partial charge is 0.507 e. The molecule has 0 radical (unpaired) electrons. The summed E-state index contributed by atoms with van der Waals surface area (Å²) in [5.74, 6) is 1.10. The molecule has 3 heteroatoms. The number of hydrogen-bond donors (Lipinski definition) is 2. The fourth-order valence-electron chi connectivity index (χ4n) is 1.39. The molecule has 0 aliphatic heterocycles. The standard InChI is InChI=1S/C13H13NOS/c14-11-6-7-13(12(15)8-11)16-9-10-4-2-1-3-5-10/h1-8,15H,9,14H2. The van der Waals surface area contributed by atoms with Gasteiger partial charge in [-0.3, -0.25) is 0 Å². The predicted molar refractivity (Wildman–Crippen MR) is 68.5 cm³/mol. The van der Waals surface area contributed by atoms with Crippen LogP contribution in [0, 0.1) is 0 Å². The van der Waals surface area contributed by atoms with Crippen LogP contribution in [-0.2, 0) is 5.75 Å². The molecule has 0 unspecified atom stereocenters. The Balaban J connectivity index is 2.05. The Morgan fingerprint density at radius 3 is 2.50 bits per heavy atom. The van der Waals surface area contributed by atoms with Crippen molar-refractivity contribution in [3.05, 3.63) is 54.1 Å². The summed E-state index contributed by atoms with van der Waals surface area (Å²) >= 11 is 1.60. The maximum Gasteiger partial charge on any atom is 0.131 e. The number of phenols is 1. The number of rotatable bonds is 3. The van der Waals surface area contributed by atoms with Crippen molar-refractivity contribution in [2.75, 3.05) is 5.73 Å². The quantitative estimate of drug-likeness (QED) is 0.629. The molecule has 2 aromatic carbocycles. The monoisotopic (exact) mass is 231 g/mol. The number of benzene rings is 2. The normalized spacial score (nSPS) is 10.2. The minimum absolute atomic E-state index is 0.251. The molecule has 0 atom stereocenters. The Morgan fingerprint density at radius 1 is 1.06 bits per heavy atom. The van der Waals surface area contributed by atoms with E-state index in [0.717, 1.165) is 10.6 Å². The fourth-order valence-corrected chi connectivity index (χ4v) is 2.28. The van der Waals surface area contributed by atoms with Gasteiger partial charge >= 0.3 is 0 Å². The molecule has 0 amide bonds. The van der Waals surface area contributed by atoms with Crippen LogP contribution in [0.15, 0.2) is 53.4 Å². The average molecular weight is 231 g/mol. The van der Waals surface area contributed by atoms with E-state index in [1.807, 2.05) is 24.3 Å². The van der Waals surface area contributed by atoms with Crippen LogP contribution in [0.4, 0.5) is 5.69 Å². The fraction of sp³-hybridized carbons (Fsp3) is 0.0769. The molecular weight excluding hydrogens is 218 g/mol. The maximum atomic E-state index is 9.67. The van der Waals surface area contributed by atoms with Gasteiger partial charge in [-0.25, -0.2) is 0 Å². The lowest BCUT2D eigenvalue weighted by Gasteiger charge is -2.05. The highest BCUT2D eigenvalue weighted by Gasteiger charge is 2.02. The van der Waals surface area contributed by atoms with E-state index in [4.69, 9.17) is 5.73 Å². The molecular formula is C13H13NOS. The van der Waals surface area contributed by atoms with Gasteiger partial charge in [0, 0.05) is 22.4 Å². The number of nitrogens with two attached hydrogens (primary N) is 1. The molecule has 0 aliphatic carbocycles. The summed E-state index contributed by atoms with van der Waals surface area (Å²) in [6.45, 7) is 0. The second-order valence-corrected chi connectivity index (χ2v) is 4.52. The molecule has 3 N–H and O–H groups in total. The molecule has 0 aromatic heterocycles. The first-order valence-electron chi connectivity index (χ1n) is 5.01. The van der Waals surface area contributed by atoms with Gasteiger partial charge in [0.2, 0.25) is 0 Å². The molecule has 0 heterocycles. The van der Waals surface area contributed by atoms with Gasteiger partial charge in [-0.1, -0.05) is 30.3 Å². The Morgan fingerprint density at radius 2 is 1.81 bits per heavy atom. The topological polar surface area (TPSA) is 46.2 Å². The number of anilines is 1. The zero-order valence-corrected chi connectivity index (χ0v) is 9.58. The van der Waals surface area contributed by atoms with Crippen LogP contribution in [0.3, 0.4) is 0 Å². The van der Waals surface area contributed by atoms with Crippen molar-refractivity contribution in [2.45, 2.75) is 10.6 Å². The number of hydrogen-bond acceptors (Lipinski definition) is 3. The number of phenolic OH excluding ortho intramolecular Hbond substituents is 1. The first-order chi connectivity index (χ1) is 7.75. The third-order valence-corrected chi connectivity index (χ3v) is 3.35. The van der Waals surface area contributed by atoms with Crippen molar-refractivity contribution >= 4 is 17.4 Å². The Labute approximate surface area is 99.1 Å². The highest BCUT2D eigenvalue weighted by molar-refractivity contribution is 7.98. The average Bonchev–Trinajstić information content (AvgIpc) is 2.29. The second kappa shape index (κ2) is 4.94. The third kappa shape index (κ3) is 2.70. The zero-order chi connectivity index (χ0) is 11.4. The van der Waals surface area contributed by atoms with Crippen molar-refractivity contribution in [1.29, 1.82) is 0 Å². The van der Waals surface area contributed by atoms with E-state index in [2.05, 4.69) is 12.1 Å². The lowest BCUT2D eigenvalue weighted by molar-refractivity contribution is 0.463. The third-order valence-electron chi connectivity index (χ3n) is 2.22. The predicted octanol–water partition coefficient (Wildman–Crippen LogP) is 3.27. The molecule has 0 saturated carbocycles. The van der Waals surface area contributed by atoms with E-state index in [1.54, 1.807) is 23.9 Å². The molecule has 2 nitrogen and oxygen atoms in total. The minimum atomic E-state index is 0.251. The van der Waals surface area contributed by atoms with Gasteiger partial charge in [0.15, 0.2) is 0 Å². The van der Waals surface area contributed by atoms with E-state index in [0.29, 0.717) is 5.69 Å². The summed E-state index contributed by atoms with van der Waals surface area (Å²) in [5, 5.41) is 9.67. The molecule has 16 heavy (non-hydrogen) atoms. The van der Waals surface area contributed by atoms with Crippen molar-refractivity contribution in [3.8, 4) is 5.75 Å². The van der Waals surface area contributed by atoms with Gasteiger partial charge in [0.05, 0.1) is 0 Å². The summed E-state index contributed by atoms with van der Waals surface area (Å²) in [6.07, 6.45) is 0. The minimum Gasteiger partial charge on any atom is -0.507 e. The van der Waals surface area contributed by atoms with E-state index in [9.17, 15) is 5.11 Å². The Hall–Kier alpha value is -1.61. The lowest BCUT2D eigenvalue weighted by atomic mass is 10.2. The molecule has 2 rings (SSSR count). The van der Waals surface area contributed by atoms with Crippen LogP contribution in [-0.4, -0.2) is 5.11 Å². The molecule has 82 valence electrons. The Bertz CT molecular complexity index is 471. The van der Waals surface area contributed by atoms with Crippen molar-refractivity contribution in [3.63, 3.8) is 0 Å². The summed E-state index contributed by atoms with van der Waals surface area (Å²) < 4.78 is 0. The first kappa shape index (κ1) is 10.9.